The fourth-order valence-electron chi connectivity index (χ4n) is 4.65. The quantitative estimate of drug-likeness (QED) is 0.456. The lowest BCUT2D eigenvalue weighted by molar-refractivity contribution is 0.0637. The van der Waals surface area contributed by atoms with Gasteiger partial charge in [0.15, 0.2) is 0 Å². The van der Waals surface area contributed by atoms with Gasteiger partial charge in [0.2, 0.25) is 0 Å². The molecule has 1 atom stereocenters. The van der Waals surface area contributed by atoms with Crippen LogP contribution in [0.5, 0.6) is 0 Å². The van der Waals surface area contributed by atoms with E-state index in [4.69, 9.17) is 5.73 Å². The topological polar surface area (TPSA) is 63.3 Å². The number of nitrogen functional groups attached to an aromatic ring is 1. The highest BCUT2D eigenvalue weighted by Crippen LogP contribution is 2.31. The van der Waals surface area contributed by atoms with Gasteiger partial charge in [0.1, 0.15) is 0 Å². The van der Waals surface area contributed by atoms with Gasteiger partial charge < -0.3 is 20.5 Å². The van der Waals surface area contributed by atoms with Gasteiger partial charge >= 0.3 is 0 Å². The fraction of sp³-hybridized carbons (Fsp3) is 0.179. The molecule has 1 aliphatic heterocycles. The first kappa shape index (κ1) is 21.0. The Morgan fingerprint density at radius 3 is 2.36 bits per heavy atom. The van der Waals surface area contributed by atoms with Gasteiger partial charge in [-0.1, -0.05) is 72.8 Å². The van der Waals surface area contributed by atoms with Gasteiger partial charge in [0, 0.05) is 31.9 Å². The van der Waals surface area contributed by atoms with Crippen molar-refractivity contribution in [2.45, 2.75) is 12.5 Å². The summed E-state index contributed by atoms with van der Waals surface area (Å²) in [6.07, 6.45) is 2.78. The number of carbonyl (C=O) groups excluding carboxylic acids is 1. The minimum absolute atomic E-state index is 0.0598. The van der Waals surface area contributed by atoms with Gasteiger partial charge in [-0.05, 0) is 35.7 Å². The van der Waals surface area contributed by atoms with Crippen molar-refractivity contribution >= 4 is 11.6 Å². The average Bonchev–Trinajstić information content (AvgIpc) is 3.30. The smallest absolute Gasteiger partial charge is 0.256 e. The van der Waals surface area contributed by atoms with Gasteiger partial charge in [-0.15, -0.1) is 0 Å². The summed E-state index contributed by atoms with van der Waals surface area (Å²) in [4.78, 5) is 16.0. The molecule has 0 aliphatic carbocycles. The van der Waals surface area contributed by atoms with E-state index in [9.17, 15) is 4.79 Å². The van der Waals surface area contributed by atoms with Gasteiger partial charge in [0.25, 0.3) is 5.91 Å². The maximum Gasteiger partial charge on any atom is 0.256 e. The van der Waals surface area contributed by atoms with E-state index < -0.39 is 0 Å². The number of nitrogens with two attached hydrogens (primary N) is 1. The van der Waals surface area contributed by atoms with Gasteiger partial charge in [-0.25, -0.2) is 0 Å². The number of carbonyl (C=O) groups is 1. The number of para-hydroxylation sites is 2. The fourth-order valence-corrected chi connectivity index (χ4v) is 4.65. The molecule has 1 saturated heterocycles. The van der Waals surface area contributed by atoms with Crippen molar-refractivity contribution in [3.8, 4) is 16.9 Å². The predicted molar refractivity (Wildman–Crippen MR) is 133 cm³/mol. The van der Waals surface area contributed by atoms with Crippen LogP contribution in [-0.4, -0.2) is 41.1 Å². The van der Waals surface area contributed by atoms with Crippen LogP contribution in [0.1, 0.15) is 15.9 Å². The van der Waals surface area contributed by atoms with Crippen molar-refractivity contribution in [3.63, 3.8) is 0 Å². The Morgan fingerprint density at radius 2 is 1.61 bits per heavy atom. The number of aromatic nitrogens is 1. The lowest BCUT2D eigenvalue weighted by Gasteiger charge is -2.36. The Kier molecular flexibility index (Phi) is 5.96. The molecule has 5 nitrogen and oxygen atoms in total. The predicted octanol–water partition coefficient (Wildman–Crippen LogP) is 4.38. The van der Waals surface area contributed by atoms with Crippen molar-refractivity contribution in [2.75, 3.05) is 25.4 Å². The van der Waals surface area contributed by atoms with Gasteiger partial charge in [-0.2, -0.15) is 0 Å². The molecular weight excluding hydrogens is 408 g/mol. The third kappa shape index (κ3) is 4.28. The van der Waals surface area contributed by atoms with E-state index in [1.165, 1.54) is 5.56 Å². The van der Waals surface area contributed by atoms with E-state index >= 15 is 0 Å². The highest BCUT2D eigenvalue weighted by molar-refractivity contribution is 6.01. The molecule has 1 amide bonds. The minimum atomic E-state index is 0.0598. The van der Waals surface area contributed by atoms with Crippen LogP contribution in [0.25, 0.3) is 16.9 Å². The molecule has 1 fully saturated rings. The number of amides is 1. The molecule has 5 heteroatoms. The van der Waals surface area contributed by atoms with E-state index in [2.05, 4.69) is 29.6 Å². The second-order valence-corrected chi connectivity index (χ2v) is 8.42. The van der Waals surface area contributed by atoms with Crippen LogP contribution >= 0.6 is 0 Å². The van der Waals surface area contributed by atoms with Gasteiger partial charge in [-0.3, -0.25) is 4.79 Å². The number of benzene rings is 3. The molecular formula is C28H28N4O. The van der Waals surface area contributed by atoms with Crippen LogP contribution in [0.15, 0.2) is 97.2 Å². The summed E-state index contributed by atoms with van der Waals surface area (Å²) < 4.78 is 2.03. The van der Waals surface area contributed by atoms with Crippen LogP contribution in [0, 0.1) is 0 Å². The lowest BCUT2D eigenvalue weighted by Crippen LogP contribution is -2.54. The Morgan fingerprint density at radius 1 is 0.909 bits per heavy atom. The van der Waals surface area contributed by atoms with E-state index in [0.29, 0.717) is 17.8 Å². The van der Waals surface area contributed by atoms with E-state index in [-0.39, 0.29) is 11.9 Å². The Bertz CT molecular complexity index is 1230. The first-order valence-corrected chi connectivity index (χ1v) is 11.4. The van der Waals surface area contributed by atoms with E-state index in [1.54, 1.807) is 0 Å². The van der Waals surface area contributed by atoms with Crippen molar-refractivity contribution in [1.82, 2.24) is 14.8 Å². The molecule has 4 aromatic rings. The van der Waals surface area contributed by atoms with Crippen molar-refractivity contribution in [1.29, 1.82) is 0 Å². The molecule has 5 rings (SSSR count). The van der Waals surface area contributed by atoms with E-state index in [1.807, 2.05) is 82.4 Å². The number of rotatable bonds is 5. The number of hydrogen-bond donors (Lipinski definition) is 2. The Balaban J connectivity index is 1.55. The Labute approximate surface area is 194 Å². The second kappa shape index (κ2) is 9.35. The number of nitrogens with zero attached hydrogens (tertiary/aromatic N) is 2. The zero-order valence-corrected chi connectivity index (χ0v) is 18.5. The first-order chi connectivity index (χ1) is 16.2. The molecule has 0 saturated carbocycles. The van der Waals surface area contributed by atoms with Crippen LogP contribution in [0.4, 0.5) is 5.69 Å². The monoisotopic (exact) mass is 436 g/mol. The van der Waals surface area contributed by atoms with Crippen LogP contribution < -0.4 is 11.1 Å². The zero-order valence-electron chi connectivity index (χ0n) is 18.5. The molecule has 1 aromatic heterocycles. The van der Waals surface area contributed by atoms with Crippen LogP contribution in [0.3, 0.4) is 0 Å². The number of hydrogen-bond acceptors (Lipinski definition) is 3. The normalized spacial score (nSPS) is 16.0. The SMILES string of the molecule is Nc1ccccc1-n1ccc(C(=O)N2CCNCC2Cc2ccccc2)c1-c1ccccc1. The molecule has 3 aromatic carbocycles. The molecule has 1 unspecified atom stereocenters. The molecule has 2 heterocycles. The average molecular weight is 437 g/mol. The first-order valence-electron chi connectivity index (χ1n) is 11.4. The summed E-state index contributed by atoms with van der Waals surface area (Å²) in [5.74, 6) is 0.0598. The van der Waals surface area contributed by atoms with Gasteiger partial charge in [0.05, 0.1) is 22.6 Å². The van der Waals surface area contributed by atoms with Crippen molar-refractivity contribution < 1.29 is 4.79 Å². The summed E-state index contributed by atoms with van der Waals surface area (Å²) >= 11 is 0. The van der Waals surface area contributed by atoms with Crippen molar-refractivity contribution in [2.24, 2.45) is 0 Å². The van der Waals surface area contributed by atoms with Crippen molar-refractivity contribution in [3.05, 3.63) is 108 Å². The maximum absolute atomic E-state index is 14.0. The largest absolute Gasteiger partial charge is 0.397 e. The molecule has 1 aliphatic rings. The minimum Gasteiger partial charge on any atom is -0.397 e. The molecule has 0 radical (unpaired) electrons. The summed E-state index contributed by atoms with van der Waals surface area (Å²) in [6, 6.07) is 30.2. The summed E-state index contributed by atoms with van der Waals surface area (Å²) in [5, 5.41) is 3.46. The zero-order chi connectivity index (χ0) is 22.6. The van der Waals surface area contributed by atoms with Crippen LogP contribution in [0.2, 0.25) is 0 Å². The molecule has 0 bridgehead atoms. The molecule has 0 spiro atoms. The Hall–Kier alpha value is -3.83. The summed E-state index contributed by atoms with van der Waals surface area (Å²) in [7, 11) is 0. The molecule has 33 heavy (non-hydrogen) atoms. The third-order valence-corrected chi connectivity index (χ3v) is 6.29. The number of nitrogens with one attached hydrogen (secondary N) is 1. The van der Waals surface area contributed by atoms with E-state index in [0.717, 1.165) is 36.5 Å². The third-order valence-electron chi connectivity index (χ3n) is 6.29. The highest BCUT2D eigenvalue weighted by atomic mass is 16.2. The van der Waals surface area contributed by atoms with Crippen LogP contribution in [-0.2, 0) is 6.42 Å². The molecule has 166 valence electrons. The summed E-state index contributed by atoms with van der Waals surface area (Å²) in [6.45, 7) is 2.26. The molecule has 3 N–H and O–H groups in total. The summed E-state index contributed by atoms with van der Waals surface area (Å²) in [5.41, 5.74) is 11.7. The number of piperazine rings is 1. The number of anilines is 1. The standard InChI is InChI=1S/C28H28N4O/c29-25-13-7-8-14-26(25)32-17-15-24(27(32)22-11-5-2-6-12-22)28(33)31-18-16-30-20-23(31)19-21-9-3-1-4-10-21/h1-15,17,23,30H,16,18-20,29H2. The second-order valence-electron chi connectivity index (χ2n) is 8.42. The highest BCUT2D eigenvalue weighted by Gasteiger charge is 2.30. The maximum atomic E-state index is 14.0. The lowest BCUT2D eigenvalue weighted by atomic mass is 10.0.